The molecule has 0 aromatic heterocycles. The van der Waals surface area contributed by atoms with Crippen molar-refractivity contribution in [3.63, 3.8) is 0 Å². The Balaban J connectivity index is 2.18. The molecular formula is C12H17NO4. The van der Waals surface area contributed by atoms with Crippen molar-refractivity contribution in [1.82, 2.24) is 0 Å². The van der Waals surface area contributed by atoms with Crippen LogP contribution in [0.25, 0.3) is 0 Å². The van der Waals surface area contributed by atoms with Crippen molar-refractivity contribution >= 4 is 11.9 Å². The summed E-state index contributed by atoms with van der Waals surface area (Å²) in [6.45, 7) is 0.139. The number of rotatable bonds is 5. The van der Waals surface area contributed by atoms with Crippen LogP contribution >= 0.6 is 0 Å². The summed E-state index contributed by atoms with van der Waals surface area (Å²) in [6.07, 6.45) is 3.92. The molecule has 0 saturated carbocycles. The summed E-state index contributed by atoms with van der Waals surface area (Å²) >= 11 is 0. The van der Waals surface area contributed by atoms with Crippen LogP contribution in [0.4, 0.5) is 0 Å². The monoisotopic (exact) mass is 239 g/mol. The van der Waals surface area contributed by atoms with Crippen molar-refractivity contribution < 1.29 is 19.1 Å². The molecule has 5 heteroatoms. The topological polar surface area (TPSA) is 76.4 Å². The molecule has 1 atom stereocenters. The molecule has 17 heavy (non-hydrogen) atoms. The number of nitrogens with zero attached hydrogens (tertiary/aromatic N) is 1. The fourth-order valence-electron chi connectivity index (χ4n) is 1.71. The molecule has 1 rings (SSSR count). The largest absolute Gasteiger partial charge is 0.465 e. The van der Waals surface area contributed by atoms with Crippen molar-refractivity contribution in [2.75, 3.05) is 6.61 Å². The van der Waals surface area contributed by atoms with E-state index in [1.165, 1.54) is 0 Å². The molecule has 5 nitrogen and oxygen atoms in total. The zero-order valence-corrected chi connectivity index (χ0v) is 9.81. The smallest absolute Gasteiger partial charge is 0.306 e. The number of hydrogen-bond donors (Lipinski definition) is 0. The Morgan fingerprint density at radius 3 is 3.12 bits per heavy atom. The predicted octanol–water partition coefficient (Wildman–Crippen LogP) is 1.71. The summed E-state index contributed by atoms with van der Waals surface area (Å²) in [4.78, 5) is 22.4. The maximum absolute atomic E-state index is 11.3. The van der Waals surface area contributed by atoms with Gasteiger partial charge in [0.15, 0.2) is 0 Å². The lowest BCUT2D eigenvalue weighted by Gasteiger charge is -2.14. The zero-order valence-electron chi connectivity index (χ0n) is 9.81. The molecule has 94 valence electrons. The SMILES string of the molecule is N#CCCOC(=O)CCC1CCCCC(=O)O1. The van der Waals surface area contributed by atoms with Gasteiger partial charge in [-0.2, -0.15) is 5.26 Å². The third-order valence-electron chi connectivity index (χ3n) is 2.60. The van der Waals surface area contributed by atoms with Gasteiger partial charge in [0, 0.05) is 12.8 Å². The van der Waals surface area contributed by atoms with Crippen LogP contribution in [0.1, 0.15) is 44.9 Å². The minimum atomic E-state index is -0.333. The lowest BCUT2D eigenvalue weighted by Crippen LogP contribution is -2.17. The molecule has 0 aromatic carbocycles. The molecule has 0 bridgehead atoms. The van der Waals surface area contributed by atoms with Gasteiger partial charge in [-0.15, -0.1) is 0 Å². The Labute approximate surface area is 101 Å². The summed E-state index contributed by atoms with van der Waals surface area (Å²) in [6, 6.07) is 1.90. The van der Waals surface area contributed by atoms with Gasteiger partial charge < -0.3 is 9.47 Å². The van der Waals surface area contributed by atoms with Gasteiger partial charge in [0.1, 0.15) is 12.7 Å². The predicted molar refractivity (Wildman–Crippen MR) is 58.8 cm³/mol. The van der Waals surface area contributed by atoms with Crippen LogP contribution < -0.4 is 0 Å². The second-order valence-corrected chi connectivity index (χ2v) is 4.02. The molecular weight excluding hydrogens is 222 g/mol. The minimum Gasteiger partial charge on any atom is -0.465 e. The van der Waals surface area contributed by atoms with E-state index in [0.29, 0.717) is 12.8 Å². The average Bonchev–Trinajstić information content (AvgIpc) is 2.51. The normalized spacial score (nSPS) is 19.9. The van der Waals surface area contributed by atoms with E-state index >= 15 is 0 Å². The van der Waals surface area contributed by atoms with E-state index in [2.05, 4.69) is 0 Å². The van der Waals surface area contributed by atoms with Crippen LogP contribution in [0.5, 0.6) is 0 Å². The third kappa shape index (κ3) is 5.91. The van der Waals surface area contributed by atoms with Crippen LogP contribution in [0, 0.1) is 11.3 Å². The molecule has 1 heterocycles. The summed E-state index contributed by atoms with van der Waals surface area (Å²) in [5, 5.41) is 8.27. The lowest BCUT2D eigenvalue weighted by molar-refractivity contribution is -0.151. The number of ether oxygens (including phenoxy) is 2. The first-order valence-corrected chi connectivity index (χ1v) is 5.94. The highest BCUT2D eigenvalue weighted by Gasteiger charge is 2.19. The van der Waals surface area contributed by atoms with Gasteiger partial charge in [-0.05, 0) is 25.7 Å². The Morgan fingerprint density at radius 1 is 1.53 bits per heavy atom. The first-order chi connectivity index (χ1) is 8.22. The van der Waals surface area contributed by atoms with E-state index < -0.39 is 0 Å². The van der Waals surface area contributed by atoms with Crippen molar-refractivity contribution in [3.8, 4) is 6.07 Å². The number of carbonyl (C=O) groups is 2. The van der Waals surface area contributed by atoms with Gasteiger partial charge in [0.25, 0.3) is 0 Å². The van der Waals surface area contributed by atoms with Crippen molar-refractivity contribution in [3.05, 3.63) is 0 Å². The van der Waals surface area contributed by atoms with Crippen LogP contribution in [0.2, 0.25) is 0 Å². The lowest BCUT2D eigenvalue weighted by atomic mass is 10.1. The number of esters is 2. The third-order valence-corrected chi connectivity index (χ3v) is 2.60. The van der Waals surface area contributed by atoms with Crippen LogP contribution in [-0.2, 0) is 19.1 Å². The molecule has 1 aliphatic rings. The highest BCUT2D eigenvalue weighted by atomic mass is 16.5. The summed E-state index contributed by atoms with van der Waals surface area (Å²) < 4.78 is 10.0. The number of cyclic esters (lactones) is 1. The molecule has 0 aromatic rings. The highest BCUT2D eigenvalue weighted by molar-refractivity contribution is 5.70. The number of hydrogen-bond acceptors (Lipinski definition) is 5. The van der Waals surface area contributed by atoms with Crippen molar-refractivity contribution in [2.45, 2.75) is 51.0 Å². The van der Waals surface area contributed by atoms with Crippen LogP contribution in [0.3, 0.4) is 0 Å². The van der Waals surface area contributed by atoms with E-state index in [4.69, 9.17) is 14.7 Å². The van der Waals surface area contributed by atoms with E-state index in [0.717, 1.165) is 19.3 Å². The van der Waals surface area contributed by atoms with E-state index in [9.17, 15) is 9.59 Å². The first-order valence-electron chi connectivity index (χ1n) is 5.94. The highest BCUT2D eigenvalue weighted by Crippen LogP contribution is 2.18. The fraction of sp³-hybridized carbons (Fsp3) is 0.750. The van der Waals surface area contributed by atoms with Crippen LogP contribution in [-0.4, -0.2) is 24.6 Å². The van der Waals surface area contributed by atoms with Gasteiger partial charge in [-0.3, -0.25) is 9.59 Å². The Bertz CT molecular complexity index is 308. The summed E-state index contributed by atoms with van der Waals surface area (Å²) in [7, 11) is 0. The van der Waals surface area contributed by atoms with Crippen molar-refractivity contribution in [2.24, 2.45) is 0 Å². The minimum absolute atomic E-state index is 0.139. The standard InChI is InChI=1S/C12H17NO4/c13-8-3-9-16-11(14)7-6-10-4-1-2-5-12(15)17-10/h10H,1-7,9H2. The Morgan fingerprint density at radius 2 is 2.35 bits per heavy atom. The molecule has 0 amide bonds. The average molecular weight is 239 g/mol. The van der Waals surface area contributed by atoms with Gasteiger partial charge in [-0.1, -0.05) is 0 Å². The Kier molecular flexibility index (Phi) is 6.08. The molecule has 0 spiro atoms. The van der Waals surface area contributed by atoms with Crippen LogP contribution in [0.15, 0.2) is 0 Å². The second-order valence-electron chi connectivity index (χ2n) is 4.02. The van der Waals surface area contributed by atoms with E-state index in [1.807, 2.05) is 6.07 Å². The molecule has 0 N–H and O–H groups in total. The maximum Gasteiger partial charge on any atom is 0.306 e. The van der Waals surface area contributed by atoms with Gasteiger partial charge >= 0.3 is 11.9 Å². The molecule has 0 aliphatic carbocycles. The molecule has 1 saturated heterocycles. The Hall–Kier alpha value is -1.57. The van der Waals surface area contributed by atoms with Gasteiger partial charge in [0.2, 0.25) is 0 Å². The van der Waals surface area contributed by atoms with E-state index in [-0.39, 0.29) is 37.5 Å². The quantitative estimate of drug-likeness (QED) is 0.539. The number of nitriles is 1. The fourth-order valence-corrected chi connectivity index (χ4v) is 1.71. The molecule has 1 unspecified atom stereocenters. The molecule has 0 radical (unpaired) electrons. The van der Waals surface area contributed by atoms with Gasteiger partial charge in [0.05, 0.1) is 12.5 Å². The van der Waals surface area contributed by atoms with E-state index in [1.54, 1.807) is 0 Å². The maximum atomic E-state index is 11.3. The molecule has 1 fully saturated rings. The van der Waals surface area contributed by atoms with Crippen molar-refractivity contribution in [1.29, 1.82) is 5.26 Å². The first kappa shape index (κ1) is 13.5. The molecule has 1 aliphatic heterocycles. The second kappa shape index (κ2) is 7.66. The van der Waals surface area contributed by atoms with Gasteiger partial charge in [-0.25, -0.2) is 0 Å². The number of carbonyl (C=O) groups excluding carboxylic acids is 2. The summed E-state index contributed by atoms with van der Waals surface area (Å²) in [5.74, 6) is -0.508. The summed E-state index contributed by atoms with van der Waals surface area (Å²) in [5.41, 5.74) is 0. The zero-order chi connectivity index (χ0) is 12.5.